The van der Waals surface area contributed by atoms with Crippen molar-refractivity contribution in [2.75, 3.05) is 6.61 Å². The molecule has 2 aromatic carbocycles. The summed E-state index contributed by atoms with van der Waals surface area (Å²) in [4.78, 5) is 12.8. The Balaban J connectivity index is 1.74. The highest BCUT2D eigenvalue weighted by atomic mass is 16.7. The van der Waals surface area contributed by atoms with Crippen LogP contribution >= 0.6 is 0 Å². The molecular weight excluding hydrogens is 488 g/mol. The van der Waals surface area contributed by atoms with E-state index in [2.05, 4.69) is 0 Å². The first-order valence-corrected chi connectivity index (χ1v) is 11.5. The van der Waals surface area contributed by atoms with Gasteiger partial charge in [-0.05, 0) is 32.4 Å². The molecule has 0 bridgehead atoms. The highest BCUT2D eigenvalue weighted by Crippen LogP contribution is 2.37. The van der Waals surface area contributed by atoms with Gasteiger partial charge in [0.1, 0.15) is 52.6 Å². The molecule has 0 radical (unpaired) electrons. The first-order valence-electron chi connectivity index (χ1n) is 11.5. The molecule has 0 spiro atoms. The minimum atomic E-state index is -1.69. The molecule has 0 saturated carbocycles. The van der Waals surface area contributed by atoms with Crippen molar-refractivity contribution < 1.29 is 49.6 Å². The molecule has 37 heavy (non-hydrogen) atoms. The summed E-state index contributed by atoms with van der Waals surface area (Å²) in [6.07, 6.45) is -5.47. The molecule has 1 aromatic heterocycles. The Labute approximate surface area is 210 Å². The SMILES string of the molecule is CC(C)=CCc1cc(-c2cc(=O)c3c(O)cc(O[C@@H]4O[C@H](CO)[C@@H](O)[C@H](O)[C@H]4O)cc3o2)cc(O)c1O. The molecule has 4 rings (SSSR count). The van der Waals surface area contributed by atoms with Crippen LogP contribution in [-0.2, 0) is 11.2 Å². The summed E-state index contributed by atoms with van der Waals surface area (Å²) in [6, 6.07) is 6.28. The number of aliphatic hydroxyl groups is 4. The second-order valence-corrected chi connectivity index (χ2v) is 9.09. The van der Waals surface area contributed by atoms with E-state index in [1.54, 1.807) is 6.07 Å². The van der Waals surface area contributed by atoms with Gasteiger partial charge in [0.25, 0.3) is 0 Å². The van der Waals surface area contributed by atoms with Crippen LogP contribution in [0.4, 0.5) is 0 Å². The van der Waals surface area contributed by atoms with Crippen molar-refractivity contribution in [3.05, 3.63) is 57.8 Å². The summed E-state index contributed by atoms with van der Waals surface area (Å²) >= 11 is 0. The van der Waals surface area contributed by atoms with Crippen LogP contribution in [0.2, 0.25) is 0 Å². The maximum Gasteiger partial charge on any atom is 0.229 e. The smallest absolute Gasteiger partial charge is 0.229 e. The zero-order valence-electron chi connectivity index (χ0n) is 20.0. The fourth-order valence-corrected chi connectivity index (χ4v) is 4.04. The lowest BCUT2D eigenvalue weighted by atomic mass is 9.99. The number of aliphatic hydroxyl groups excluding tert-OH is 4. The maximum atomic E-state index is 12.8. The summed E-state index contributed by atoms with van der Waals surface area (Å²) < 4.78 is 16.7. The van der Waals surface area contributed by atoms with E-state index >= 15 is 0 Å². The van der Waals surface area contributed by atoms with Crippen LogP contribution < -0.4 is 10.2 Å². The average molecular weight is 516 g/mol. The minimum absolute atomic E-state index is 0.0376. The lowest BCUT2D eigenvalue weighted by Gasteiger charge is -2.39. The standard InChI is InChI=1S/C26H28O11/c1-11(2)3-4-12-5-13(6-17(30)22(12)31)18-9-16(29)21-15(28)7-14(8-19(21)36-18)35-26-25(34)24(33)23(32)20(10-27)37-26/h3,5-9,20,23-28,30-34H,4,10H2,1-2H3/t20-,23-,24+,25-,26-/m1/s1. The number of aromatic hydroxyl groups is 3. The van der Waals surface area contributed by atoms with Crippen LogP contribution in [-0.4, -0.2) is 73.1 Å². The molecule has 0 aliphatic carbocycles. The number of phenolic OH excluding ortho intramolecular Hbond substituents is 3. The summed E-state index contributed by atoms with van der Waals surface area (Å²) in [5.41, 5.74) is 1.02. The molecule has 0 amide bonds. The molecule has 1 aliphatic heterocycles. The lowest BCUT2D eigenvalue weighted by molar-refractivity contribution is -0.277. The monoisotopic (exact) mass is 516 g/mol. The number of fused-ring (bicyclic) bond motifs is 1. The van der Waals surface area contributed by atoms with Crippen LogP contribution in [0, 0.1) is 0 Å². The van der Waals surface area contributed by atoms with Crippen LogP contribution in [0.25, 0.3) is 22.3 Å². The lowest BCUT2D eigenvalue weighted by Crippen LogP contribution is -2.60. The van der Waals surface area contributed by atoms with Gasteiger partial charge in [-0.15, -0.1) is 0 Å². The molecular formula is C26H28O11. The predicted molar refractivity (Wildman–Crippen MR) is 130 cm³/mol. The number of ether oxygens (including phenoxy) is 2. The molecule has 1 saturated heterocycles. The van der Waals surface area contributed by atoms with Gasteiger partial charge in [-0.25, -0.2) is 0 Å². The van der Waals surface area contributed by atoms with Gasteiger partial charge in [-0.2, -0.15) is 0 Å². The van der Waals surface area contributed by atoms with Gasteiger partial charge < -0.3 is 49.6 Å². The molecule has 0 unspecified atom stereocenters. The molecule has 7 N–H and O–H groups in total. The van der Waals surface area contributed by atoms with Crippen LogP contribution in [0.15, 0.2) is 51.2 Å². The van der Waals surface area contributed by atoms with Crippen molar-refractivity contribution >= 4 is 11.0 Å². The van der Waals surface area contributed by atoms with Crippen molar-refractivity contribution in [1.82, 2.24) is 0 Å². The van der Waals surface area contributed by atoms with E-state index < -0.39 is 54.2 Å². The fraction of sp³-hybridized carbons (Fsp3) is 0.346. The summed E-state index contributed by atoms with van der Waals surface area (Å²) in [7, 11) is 0. The van der Waals surface area contributed by atoms with Gasteiger partial charge in [0, 0.05) is 29.3 Å². The van der Waals surface area contributed by atoms with Crippen molar-refractivity contribution in [3.8, 4) is 34.3 Å². The Bertz CT molecular complexity index is 1390. The fourth-order valence-electron chi connectivity index (χ4n) is 4.04. The van der Waals surface area contributed by atoms with E-state index in [4.69, 9.17) is 13.9 Å². The Morgan fingerprint density at radius 2 is 1.70 bits per heavy atom. The van der Waals surface area contributed by atoms with E-state index in [1.165, 1.54) is 12.1 Å². The summed E-state index contributed by atoms with van der Waals surface area (Å²) in [5.74, 6) is -1.25. The Morgan fingerprint density at radius 3 is 2.38 bits per heavy atom. The van der Waals surface area contributed by atoms with Crippen molar-refractivity contribution in [3.63, 3.8) is 0 Å². The number of allylic oxidation sites excluding steroid dienone is 2. The van der Waals surface area contributed by atoms with E-state index in [0.717, 1.165) is 17.7 Å². The highest BCUT2D eigenvalue weighted by molar-refractivity contribution is 5.86. The Morgan fingerprint density at radius 1 is 0.973 bits per heavy atom. The number of hydrogen-bond acceptors (Lipinski definition) is 11. The van der Waals surface area contributed by atoms with Gasteiger partial charge >= 0.3 is 0 Å². The molecule has 11 heteroatoms. The van der Waals surface area contributed by atoms with Gasteiger partial charge in [0.2, 0.25) is 6.29 Å². The number of benzene rings is 2. The minimum Gasteiger partial charge on any atom is -0.507 e. The third-order valence-electron chi connectivity index (χ3n) is 6.07. The molecule has 198 valence electrons. The molecule has 1 fully saturated rings. The summed E-state index contributed by atoms with van der Waals surface area (Å²) in [6.45, 7) is 3.12. The largest absolute Gasteiger partial charge is 0.507 e. The van der Waals surface area contributed by atoms with Gasteiger partial charge in [0.05, 0.1) is 6.61 Å². The van der Waals surface area contributed by atoms with E-state index in [-0.39, 0.29) is 28.2 Å². The number of hydrogen-bond donors (Lipinski definition) is 7. The summed E-state index contributed by atoms with van der Waals surface area (Å²) in [5, 5.41) is 70.3. The maximum absolute atomic E-state index is 12.8. The Kier molecular flexibility index (Phi) is 7.44. The first kappa shape index (κ1) is 26.5. The molecule has 11 nitrogen and oxygen atoms in total. The van der Waals surface area contributed by atoms with Crippen LogP contribution in [0.1, 0.15) is 19.4 Å². The quantitative estimate of drug-likeness (QED) is 0.184. The topological polar surface area (TPSA) is 190 Å². The number of phenols is 3. The van der Waals surface area contributed by atoms with E-state index in [9.17, 15) is 40.5 Å². The third-order valence-corrected chi connectivity index (χ3v) is 6.07. The second kappa shape index (κ2) is 10.4. The van der Waals surface area contributed by atoms with Gasteiger partial charge in [0.15, 0.2) is 16.9 Å². The molecule has 5 atom stereocenters. The van der Waals surface area contributed by atoms with Crippen LogP contribution in [0.3, 0.4) is 0 Å². The zero-order valence-corrected chi connectivity index (χ0v) is 20.0. The predicted octanol–water partition coefficient (Wildman–Crippen LogP) is 1.26. The zero-order chi connectivity index (χ0) is 27.0. The highest BCUT2D eigenvalue weighted by Gasteiger charge is 2.44. The average Bonchev–Trinajstić information content (AvgIpc) is 2.84. The van der Waals surface area contributed by atoms with Gasteiger partial charge in [-0.1, -0.05) is 11.6 Å². The van der Waals surface area contributed by atoms with Crippen molar-refractivity contribution in [1.29, 1.82) is 0 Å². The normalized spacial score (nSPS) is 23.7. The first-order chi connectivity index (χ1) is 17.5. The number of rotatable bonds is 6. The van der Waals surface area contributed by atoms with Crippen molar-refractivity contribution in [2.45, 2.75) is 51.0 Å². The van der Waals surface area contributed by atoms with Gasteiger partial charge in [-0.3, -0.25) is 4.79 Å². The Hall–Kier alpha value is -3.61. The molecule has 1 aliphatic rings. The second-order valence-electron chi connectivity index (χ2n) is 9.09. The van der Waals surface area contributed by atoms with Crippen molar-refractivity contribution in [2.24, 2.45) is 0 Å². The van der Waals surface area contributed by atoms with Crippen LogP contribution in [0.5, 0.6) is 23.0 Å². The van der Waals surface area contributed by atoms with E-state index in [0.29, 0.717) is 17.5 Å². The third kappa shape index (κ3) is 5.26. The van der Waals surface area contributed by atoms with E-state index in [1.807, 2.05) is 19.9 Å². The molecule has 3 aromatic rings. The molecule has 2 heterocycles.